The predicted octanol–water partition coefficient (Wildman–Crippen LogP) is 4.35. The Balaban J connectivity index is 2.13. The highest BCUT2D eigenvalue weighted by Crippen LogP contribution is 2.21. The quantitative estimate of drug-likeness (QED) is 0.823. The molecular formula is C16H19ClN2O2S. The highest BCUT2D eigenvalue weighted by Gasteiger charge is 2.14. The third kappa shape index (κ3) is 4.39. The lowest BCUT2D eigenvalue weighted by Gasteiger charge is -2.14. The molecule has 0 heterocycles. The summed E-state index contributed by atoms with van der Waals surface area (Å²) in [5.74, 6) is 0. The Bertz CT molecular complexity index is 730. The summed E-state index contributed by atoms with van der Waals surface area (Å²) in [6, 6.07) is 13.7. The van der Waals surface area contributed by atoms with Crippen molar-refractivity contribution in [3.05, 3.63) is 53.6 Å². The molecule has 1 unspecified atom stereocenters. The van der Waals surface area contributed by atoms with E-state index in [4.69, 9.17) is 11.6 Å². The molecule has 0 aliphatic heterocycles. The van der Waals surface area contributed by atoms with E-state index in [0.717, 1.165) is 12.1 Å². The van der Waals surface area contributed by atoms with Crippen LogP contribution in [0.25, 0.3) is 0 Å². The van der Waals surface area contributed by atoms with Crippen LogP contribution in [0.5, 0.6) is 0 Å². The molecule has 2 aromatic carbocycles. The van der Waals surface area contributed by atoms with Gasteiger partial charge in [-0.3, -0.25) is 4.72 Å². The van der Waals surface area contributed by atoms with Crippen LogP contribution < -0.4 is 10.0 Å². The Morgan fingerprint density at radius 2 is 1.73 bits per heavy atom. The second-order valence-corrected chi connectivity index (χ2v) is 7.21. The second-order valence-electron chi connectivity index (χ2n) is 5.09. The van der Waals surface area contributed by atoms with Crippen LogP contribution >= 0.6 is 11.6 Å². The molecule has 0 amide bonds. The number of halogens is 1. The zero-order valence-corrected chi connectivity index (χ0v) is 14.1. The number of hydrogen-bond donors (Lipinski definition) is 2. The van der Waals surface area contributed by atoms with Crippen LogP contribution in [-0.2, 0) is 10.0 Å². The van der Waals surface area contributed by atoms with Gasteiger partial charge in [0.1, 0.15) is 0 Å². The van der Waals surface area contributed by atoms with E-state index in [0.29, 0.717) is 16.8 Å². The maximum atomic E-state index is 12.3. The van der Waals surface area contributed by atoms with E-state index >= 15 is 0 Å². The molecule has 118 valence electrons. The molecule has 2 rings (SSSR count). The monoisotopic (exact) mass is 338 g/mol. The van der Waals surface area contributed by atoms with Crippen LogP contribution in [0.4, 0.5) is 11.4 Å². The number of hydrogen-bond acceptors (Lipinski definition) is 3. The fourth-order valence-electron chi connectivity index (χ4n) is 1.87. The standard InChI is InChI=1S/C16H19ClN2O2S/c1-3-12(2)18-14-7-9-15(10-8-14)19-22(20,21)16-6-4-5-13(17)11-16/h4-12,18-19H,3H2,1-2H3. The summed E-state index contributed by atoms with van der Waals surface area (Å²) in [5.41, 5.74) is 1.47. The Morgan fingerprint density at radius 3 is 2.32 bits per heavy atom. The topological polar surface area (TPSA) is 58.2 Å². The van der Waals surface area contributed by atoms with Crippen LogP contribution in [0, 0.1) is 0 Å². The van der Waals surface area contributed by atoms with Crippen LogP contribution in [0.3, 0.4) is 0 Å². The normalized spacial score (nSPS) is 12.7. The van der Waals surface area contributed by atoms with E-state index in [1.165, 1.54) is 12.1 Å². The molecule has 0 saturated heterocycles. The van der Waals surface area contributed by atoms with Gasteiger partial charge in [0.05, 0.1) is 4.90 Å². The van der Waals surface area contributed by atoms with Crippen molar-refractivity contribution >= 4 is 33.0 Å². The SMILES string of the molecule is CCC(C)Nc1ccc(NS(=O)(=O)c2cccc(Cl)c2)cc1. The van der Waals surface area contributed by atoms with Gasteiger partial charge in [0.15, 0.2) is 0 Å². The zero-order chi connectivity index (χ0) is 16.2. The Hall–Kier alpha value is -1.72. The van der Waals surface area contributed by atoms with Gasteiger partial charge in [-0.2, -0.15) is 0 Å². The summed E-state index contributed by atoms with van der Waals surface area (Å²) in [6.45, 7) is 4.20. The molecule has 0 aliphatic carbocycles. The first-order chi connectivity index (χ1) is 10.4. The smallest absolute Gasteiger partial charge is 0.261 e. The summed E-state index contributed by atoms with van der Waals surface area (Å²) in [5, 5.41) is 3.71. The molecule has 0 saturated carbocycles. The van der Waals surface area contributed by atoms with Crippen LogP contribution in [0.2, 0.25) is 5.02 Å². The van der Waals surface area contributed by atoms with Crippen molar-refractivity contribution in [2.24, 2.45) is 0 Å². The molecule has 0 radical (unpaired) electrons. The Labute approximate surface area is 136 Å². The molecule has 2 N–H and O–H groups in total. The van der Waals surface area contributed by atoms with E-state index in [9.17, 15) is 8.42 Å². The summed E-state index contributed by atoms with van der Waals surface area (Å²) in [6.07, 6.45) is 1.02. The highest BCUT2D eigenvalue weighted by molar-refractivity contribution is 7.92. The lowest BCUT2D eigenvalue weighted by Crippen LogP contribution is -2.14. The van der Waals surface area contributed by atoms with E-state index in [-0.39, 0.29) is 4.90 Å². The summed E-state index contributed by atoms with van der Waals surface area (Å²) >= 11 is 5.84. The minimum absolute atomic E-state index is 0.141. The van der Waals surface area contributed by atoms with Gasteiger partial charge in [-0.05, 0) is 55.8 Å². The van der Waals surface area contributed by atoms with E-state index in [1.54, 1.807) is 24.3 Å². The molecule has 22 heavy (non-hydrogen) atoms. The van der Waals surface area contributed by atoms with E-state index < -0.39 is 10.0 Å². The minimum atomic E-state index is -3.63. The molecule has 0 aromatic heterocycles. The van der Waals surface area contributed by atoms with Crippen LogP contribution in [-0.4, -0.2) is 14.5 Å². The number of benzene rings is 2. The average Bonchev–Trinajstić information content (AvgIpc) is 2.49. The molecule has 4 nitrogen and oxygen atoms in total. The fraction of sp³-hybridized carbons (Fsp3) is 0.250. The third-order valence-corrected chi connectivity index (χ3v) is 4.88. The summed E-state index contributed by atoms with van der Waals surface area (Å²) in [4.78, 5) is 0.141. The van der Waals surface area contributed by atoms with Crippen LogP contribution in [0.1, 0.15) is 20.3 Å². The predicted molar refractivity (Wildman–Crippen MR) is 92.1 cm³/mol. The van der Waals surface area contributed by atoms with Gasteiger partial charge < -0.3 is 5.32 Å². The van der Waals surface area contributed by atoms with Gasteiger partial charge in [-0.25, -0.2) is 8.42 Å². The number of anilines is 2. The molecule has 0 fully saturated rings. The van der Waals surface area contributed by atoms with Crippen molar-refractivity contribution in [1.82, 2.24) is 0 Å². The first-order valence-corrected chi connectivity index (χ1v) is 8.92. The number of sulfonamides is 1. The van der Waals surface area contributed by atoms with Gasteiger partial charge in [0.25, 0.3) is 10.0 Å². The average molecular weight is 339 g/mol. The van der Waals surface area contributed by atoms with E-state index in [2.05, 4.69) is 23.9 Å². The first-order valence-electron chi connectivity index (χ1n) is 7.05. The zero-order valence-electron chi connectivity index (χ0n) is 12.5. The minimum Gasteiger partial charge on any atom is -0.383 e. The maximum Gasteiger partial charge on any atom is 0.261 e. The molecule has 2 aromatic rings. The highest BCUT2D eigenvalue weighted by atomic mass is 35.5. The lowest BCUT2D eigenvalue weighted by molar-refractivity contribution is 0.601. The van der Waals surface area contributed by atoms with Gasteiger partial charge in [-0.1, -0.05) is 24.6 Å². The summed E-state index contributed by atoms with van der Waals surface area (Å²) < 4.78 is 27.1. The maximum absolute atomic E-state index is 12.3. The van der Waals surface area contributed by atoms with Gasteiger partial charge in [0, 0.05) is 22.4 Å². The number of rotatable bonds is 6. The number of nitrogens with one attached hydrogen (secondary N) is 2. The Morgan fingerprint density at radius 1 is 1.09 bits per heavy atom. The van der Waals surface area contributed by atoms with Crippen molar-refractivity contribution in [2.75, 3.05) is 10.0 Å². The van der Waals surface area contributed by atoms with Gasteiger partial charge >= 0.3 is 0 Å². The van der Waals surface area contributed by atoms with Gasteiger partial charge in [-0.15, -0.1) is 0 Å². The van der Waals surface area contributed by atoms with Crippen LogP contribution in [0.15, 0.2) is 53.4 Å². The second kappa shape index (κ2) is 7.03. The fourth-order valence-corrected chi connectivity index (χ4v) is 3.23. The molecular weight excluding hydrogens is 320 g/mol. The van der Waals surface area contributed by atoms with E-state index in [1.807, 2.05) is 12.1 Å². The van der Waals surface area contributed by atoms with Crippen molar-refractivity contribution in [1.29, 1.82) is 0 Å². The Kier molecular flexibility index (Phi) is 5.32. The van der Waals surface area contributed by atoms with Crippen molar-refractivity contribution in [2.45, 2.75) is 31.2 Å². The first kappa shape index (κ1) is 16.6. The molecule has 0 bridgehead atoms. The lowest BCUT2D eigenvalue weighted by atomic mass is 10.2. The van der Waals surface area contributed by atoms with Crippen molar-refractivity contribution in [3.63, 3.8) is 0 Å². The molecule has 1 atom stereocenters. The molecule has 6 heteroatoms. The van der Waals surface area contributed by atoms with Crippen molar-refractivity contribution in [3.8, 4) is 0 Å². The molecule has 0 spiro atoms. The molecule has 0 aliphatic rings. The van der Waals surface area contributed by atoms with Crippen molar-refractivity contribution < 1.29 is 8.42 Å². The third-order valence-electron chi connectivity index (χ3n) is 3.27. The summed E-state index contributed by atoms with van der Waals surface area (Å²) in [7, 11) is -3.63. The largest absolute Gasteiger partial charge is 0.383 e. The van der Waals surface area contributed by atoms with Gasteiger partial charge in [0.2, 0.25) is 0 Å².